The van der Waals surface area contributed by atoms with Crippen LogP contribution in [-0.4, -0.2) is 11.0 Å². The number of halogens is 1. The predicted molar refractivity (Wildman–Crippen MR) is 115 cm³/mol. The van der Waals surface area contributed by atoms with Crippen molar-refractivity contribution in [3.05, 3.63) is 81.8 Å². The molecular formula is C19H16IN3O2S. The van der Waals surface area contributed by atoms with Gasteiger partial charge in [0, 0.05) is 21.5 Å². The predicted octanol–water partition coefficient (Wildman–Crippen LogP) is 4.62. The molecule has 7 heteroatoms. The van der Waals surface area contributed by atoms with E-state index in [1.807, 2.05) is 30.3 Å². The SMILES string of the molecule is O=C(Nc1ccc(NC(=S)NCc2cccc(I)c2)cc1)c1ccco1. The maximum atomic E-state index is 11.9. The fourth-order valence-corrected chi connectivity index (χ4v) is 3.04. The van der Waals surface area contributed by atoms with Crippen LogP contribution in [0.5, 0.6) is 0 Å². The molecule has 5 nitrogen and oxygen atoms in total. The fraction of sp³-hybridized carbons (Fsp3) is 0.0526. The van der Waals surface area contributed by atoms with Gasteiger partial charge in [-0.2, -0.15) is 0 Å². The molecule has 0 unspecified atom stereocenters. The molecule has 0 aliphatic heterocycles. The summed E-state index contributed by atoms with van der Waals surface area (Å²) in [5.74, 6) is -0.0152. The van der Waals surface area contributed by atoms with Gasteiger partial charge in [-0.1, -0.05) is 12.1 Å². The van der Waals surface area contributed by atoms with Crippen molar-refractivity contribution < 1.29 is 9.21 Å². The maximum absolute atomic E-state index is 11.9. The Kier molecular flexibility index (Phi) is 6.24. The van der Waals surface area contributed by atoms with E-state index < -0.39 is 0 Å². The van der Waals surface area contributed by atoms with Gasteiger partial charge in [0.25, 0.3) is 5.91 Å². The van der Waals surface area contributed by atoms with E-state index >= 15 is 0 Å². The van der Waals surface area contributed by atoms with Gasteiger partial charge < -0.3 is 20.4 Å². The Morgan fingerprint density at radius 2 is 1.73 bits per heavy atom. The first-order valence-corrected chi connectivity index (χ1v) is 9.33. The number of rotatable bonds is 5. The molecule has 0 atom stereocenters. The number of amides is 1. The van der Waals surface area contributed by atoms with E-state index in [9.17, 15) is 4.79 Å². The smallest absolute Gasteiger partial charge is 0.291 e. The quantitative estimate of drug-likeness (QED) is 0.370. The van der Waals surface area contributed by atoms with Gasteiger partial charge in [0.2, 0.25) is 0 Å². The molecule has 0 saturated carbocycles. The molecule has 0 saturated heterocycles. The van der Waals surface area contributed by atoms with Crippen molar-refractivity contribution in [2.75, 3.05) is 10.6 Å². The average Bonchev–Trinajstić information content (AvgIpc) is 3.17. The highest BCUT2D eigenvalue weighted by molar-refractivity contribution is 14.1. The van der Waals surface area contributed by atoms with Crippen molar-refractivity contribution in [1.29, 1.82) is 0 Å². The number of furan rings is 1. The summed E-state index contributed by atoms with van der Waals surface area (Å²) in [5.41, 5.74) is 2.67. The zero-order chi connectivity index (χ0) is 18.4. The summed E-state index contributed by atoms with van der Waals surface area (Å²) in [4.78, 5) is 11.9. The van der Waals surface area contributed by atoms with Crippen LogP contribution in [0.1, 0.15) is 16.1 Å². The number of nitrogens with one attached hydrogen (secondary N) is 3. The third kappa shape index (κ3) is 5.30. The third-order valence-electron chi connectivity index (χ3n) is 3.49. The zero-order valence-corrected chi connectivity index (χ0v) is 16.6. The molecule has 0 spiro atoms. The molecular weight excluding hydrogens is 461 g/mol. The Morgan fingerprint density at radius 3 is 2.38 bits per heavy atom. The number of thiocarbonyl (C=S) groups is 1. The first-order chi connectivity index (χ1) is 12.6. The molecule has 0 fully saturated rings. The summed E-state index contributed by atoms with van der Waals surface area (Å²) in [5, 5.41) is 9.60. The van der Waals surface area contributed by atoms with Crippen molar-refractivity contribution in [1.82, 2.24) is 5.32 Å². The number of hydrogen-bond acceptors (Lipinski definition) is 3. The monoisotopic (exact) mass is 477 g/mol. The minimum Gasteiger partial charge on any atom is -0.459 e. The minimum atomic E-state index is -0.287. The Hall–Kier alpha value is -2.39. The molecule has 132 valence electrons. The van der Waals surface area contributed by atoms with Crippen LogP contribution < -0.4 is 16.0 Å². The van der Waals surface area contributed by atoms with Gasteiger partial charge in [0.15, 0.2) is 10.9 Å². The number of anilines is 2. The first-order valence-electron chi connectivity index (χ1n) is 7.84. The van der Waals surface area contributed by atoms with Gasteiger partial charge in [0.05, 0.1) is 6.26 Å². The van der Waals surface area contributed by atoms with Crippen LogP contribution in [0.4, 0.5) is 11.4 Å². The van der Waals surface area contributed by atoms with Crippen molar-refractivity contribution >= 4 is 57.2 Å². The molecule has 1 amide bonds. The van der Waals surface area contributed by atoms with E-state index in [0.29, 0.717) is 17.3 Å². The average molecular weight is 477 g/mol. The zero-order valence-electron chi connectivity index (χ0n) is 13.7. The normalized spacial score (nSPS) is 10.2. The lowest BCUT2D eigenvalue weighted by molar-refractivity contribution is 0.0996. The summed E-state index contributed by atoms with van der Waals surface area (Å²) >= 11 is 7.60. The highest BCUT2D eigenvalue weighted by Gasteiger charge is 2.08. The van der Waals surface area contributed by atoms with E-state index in [0.717, 1.165) is 11.3 Å². The van der Waals surface area contributed by atoms with E-state index in [2.05, 4.69) is 44.6 Å². The molecule has 26 heavy (non-hydrogen) atoms. The fourth-order valence-electron chi connectivity index (χ4n) is 2.24. The van der Waals surface area contributed by atoms with Gasteiger partial charge in [-0.15, -0.1) is 0 Å². The van der Waals surface area contributed by atoms with Crippen molar-refractivity contribution in [2.24, 2.45) is 0 Å². The summed E-state index contributed by atoms with van der Waals surface area (Å²) in [6.07, 6.45) is 1.46. The second-order valence-corrected chi connectivity index (χ2v) is 7.10. The van der Waals surface area contributed by atoms with Crippen LogP contribution in [-0.2, 0) is 6.54 Å². The Bertz CT molecular complexity index is 895. The van der Waals surface area contributed by atoms with Crippen molar-refractivity contribution in [2.45, 2.75) is 6.54 Å². The molecule has 3 rings (SSSR count). The van der Waals surface area contributed by atoms with Gasteiger partial charge >= 0.3 is 0 Å². The largest absolute Gasteiger partial charge is 0.459 e. The highest BCUT2D eigenvalue weighted by Crippen LogP contribution is 2.15. The van der Waals surface area contributed by atoms with Gasteiger partial charge in [-0.25, -0.2) is 0 Å². The number of carbonyl (C=O) groups excluding carboxylic acids is 1. The standard InChI is InChI=1S/C19H16IN3O2S/c20-14-4-1-3-13(11-14)12-21-19(26)23-16-8-6-15(7-9-16)22-18(24)17-5-2-10-25-17/h1-11H,12H2,(H,22,24)(H2,21,23,26). The van der Waals surface area contributed by atoms with E-state index in [-0.39, 0.29) is 11.7 Å². The highest BCUT2D eigenvalue weighted by atomic mass is 127. The lowest BCUT2D eigenvalue weighted by atomic mass is 10.2. The van der Waals surface area contributed by atoms with Crippen LogP contribution in [0, 0.1) is 3.57 Å². The topological polar surface area (TPSA) is 66.3 Å². The van der Waals surface area contributed by atoms with Crippen LogP contribution in [0.3, 0.4) is 0 Å². The molecule has 0 bridgehead atoms. The second kappa shape index (κ2) is 8.81. The van der Waals surface area contributed by atoms with Gasteiger partial charge in [-0.05, 0) is 88.9 Å². The minimum absolute atomic E-state index is 0.271. The van der Waals surface area contributed by atoms with Crippen LogP contribution in [0.2, 0.25) is 0 Å². The van der Waals surface area contributed by atoms with E-state index in [1.165, 1.54) is 9.83 Å². The number of hydrogen-bond donors (Lipinski definition) is 3. The lowest BCUT2D eigenvalue weighted by Crippen LogP contribution is -2.27. The number of benzene rings is 2. The summed E-state index contributed by atoms with van der Waals surface area (Å²) in [6, 6.07) is 18.8. The Labute approximate surface area is 170 Å². The summed E-state index contributed by atoms with van der Waals surface area (Å²) < 4.78 is 6.25. The molecule has 1 heterocycles. The van der Waals surface area contributed by atoms with E-state index in [4.69, 9.17) is 16.6 Å². The molecule has 0 radical (unpaired) electrons. The molecule has 0 aliphatic carbocycles. The van der Waals surface area contributed by atoms with Gasteiger partial charge in [-0.3, -0.25) is 4.79 Å². The Balaban J connectivity index is 1.50. The summed E-state index contributed by atoms with van der Waals surface area (Å²) in [6.45, 7) is 0.653. The first kappa shape index (κ1) is 18.4. The van der Waals surface area contributed by atoms with Crippen LogP contribution in [0.15, 0.2) is 71.3 Å². The summed E-state index contributed by atoms with van der Waals surface area (Å²) in [7, 11) is 0. The van der Waals surface area contributed by atoms with Crippen molar-refractivity contribution in [3.8, 4) is 0 Å². The molecule has 3 N–H and O–H groups in total. The number of carbonyl (C=O) groups is 1. The maximum Gasteiger partial charge on any atom is 0.291 e. The van der Waals surface area contributed by atoms with Gasteiger partial charge in [0.1, 0.15) is 0 Å². The molecule has 1 aromatic heterocycles. The molecule has 2 aromatic carbocycles. The molecule has 3 aromatic rings. The molecule has 0 aliphatic rings. The van der Waals surface area contributed by atoms with Crippen molar-refractivity contribution in [3.63, 3.8) is 0 Å². The van der Waals surface area contributed by atoms with Crippen LogP contribution >= 0.6 is 34.8 Å². The Morgan fingerprint density at radius 1 is 1.00 bits per heavy atom. The van der Waals surface area contributed by atoms with E-state index in [1.54, 1.807) is 24.3 Å². The third-order valence-corrected chi connectivity index (χ3v) is 4.41. The second-order valence-electron chi connectivity index (χ2n) is 5.45. The van der Waals surface area contributed by atoms with Crippen LogP contribution in [0.25, 0.3) is 0 Å². The lowest BCUT2D eigenvalue weighted by Gasteiger charge is -2.11.